The molecule has 0 aliphatic heterocycles. The molecule has 4 heteroatoms. The van der Waals surface area contributed by atoms with Crippen LogP contribution in [-0.4, -0.2) is 16.0 Å². The topological polar surface area (TPSA) is 50.9 Å². The first kappa shape index (κ1) is 12.9. The molecule has 88 valence electrons. The normalized spacial score (nSPS) is 12.1. The molecule has 0 spiro atoms. The van der Waals surface area contributed by atoms with Crippen molar-refractivity contribution in [1.82, 2.24) is 4.98 Å². The molecular weight excluding hydrogens is 218 g/mol. The lowest BCUT2D eigenvalue weighted by Crippen LogP contribution is -2.16. The first-order chi connectivity index (χ1) is 7.63. The Morgan fingerprint density at radius 2 is 2.38 bits per heavy atom. The fourth-order valence-corrected chi connectivity index (χ4v) is 1.63. The van der Waals surface area contributed by atoms with E-state index in [1.807, 2.05) is 12.1 Å². The third-order valence-electron chi connectivity index (χ3n) is 2.42. The van der Waals surface area contributed by atoms with Crippen LogP contribution in [0.3, 0.4) is 0 Å². The molecule has 3 nitrogen and oxygen atoms in total. The number of nitrogens with one attached hydrogen (secondary N) is 1. The van der Waals surface area contributed by atoms with Crippen LogP contribution in [0, 0.1) is 0 Å². The number of rotatable bonds is 6. The molecule has 1 heterocycles. The molecule has 0 fully saturated rings. The van der Waals surface area contributed by atoms with Gasteiger partial charge < -0.3 is 11.1 Å². The molecule has 3 N–H and O–H groups in total. The van der Waals surface area contributed by atoms with Crippen molar-refractivity contribution in [3.63, 3.8) is 0 Å². The van der Waals surface area contributed by atoms with Crippen LogP contribution in [0.15, 0.2) is 18.3 Å². The third kappa shape index (κ3) is 4.14. The average molecular weight is 237 g/mol. The Balaban J connectivity index is 2.59. The molecular formula is C12H19N3S. The van der Waals surface area contributed by atoms with Crippen LogP contribution in [0.1, 0.15) is 38.8 Å². The third-order valence-corrected chi connectivity index (χ3v) is 2.63. The Labute approximate surface area is 102 Å². The van der Waals surface area contributed by atoms with Gasteiger partial charge in [-0.1, -0.05) is 32.0 Å². The number of nitrogens with zero attached hydrogens (tertiary/aromatic N) is 1. The summed E-state index contributed by atoms with van der Waals surface area (Å²) < 4.78 is 0. The zero-order valence-corrected chi connectivity index (χ0v) is 10.7. The van der Waals surface area contributed by atoms with Crippen LogP contribution in [-0.2, 0) is 0 Å². The smallest absolute Gasteiger partial charge is 0.122 e. The quantitative estimate of drug-likeness (QED) is 0.747. The minimum atomic E-state index is 0.338. The van der Waals surface area contributed by atoms with Crippen molar-refractivity contribution in [3.8, 4) is 0 Å². The van der Waals surface area contributed by atoms with E-state index in [-0.39, 0.29) is 0 Å². The second kappa shape index (κ2) is 6.43. The van der Waals surface area contributed by atoms with Crippen LogP contribution in [0.25, 0.3) is 0 Å². The molecule has 0 radical (unpaired) electrons. The van der Waals surface area contributed by atoms with Crippen molar-refractivity contribution >= 4 is 22.9 Å². The number of hydrogen-bond acceptors (Lipinski definition) is 3. The summed E-state index contributed by atoms with van der Waals surface area (Å²) in [6.45, 7) is 4.38. The molecule has 1 aromatic heterocycles. The monoisotopic (exact) mass is 237 g/mol. The lowest BCUT2D eigenvalue weighted by molar-refractivity contribution is 0.645. The van der Waals surface area contributed by atoms with Gasteiger partial charge in [0.05, 0.1) is 5.69 Å². The summed E-state index contributed by atoms with van der Waals surface area (Å²) in [6.07, 6.45) is 5.35. The molecule has 0 saturated carbocycles. The van der Waals surface area contributed by atoms with Gasteiger partial charge in [-0.2, -0.15) is 0 Å². The van der Waals surface area contributed by atoms with Gasteiger partial charge in [-0.15, -0.1) is 0 Å². The predicted octanol–water partition coefficient (Wildman–Crippen LogP) is 2.71. The summed E-state index contributed by atoms with van der Waals surface area (Å²) in [4.78, 5) is 4.44. The largest absolute Gasteiger partial charge is 0.388 e. The van der Waals surface area contributed by atoms with Gasteiger partial charge in [0, 0.05) is 17.9 Å². The highest BCUT2D eigenvalue weighted by molar-refractivity contribution is 7.80. The highest BCUT2D eigenvalue weighted by Gasteiger charge is 2.03. The summed E-state index contributed by atoms with van der Waals surface area (Å²) in [6, 6.07) is 4.29. The summed E-state index contributed by atoms with van der Waals surface area (Å²) in [5.74, 6) is 0. The molecule has 0 amide bonds. The fourth-order valence-electron chi connectivity index (χ4n) is 1.52. The number of hydrogen-bond donors (Lipinski definition) is 2. The predicted molar refractivity (Wildman–Crippen MR) is 72.7 cm³/mol. The summed E-state index contributed by atoms with van der Waals surface area (Å²) in [5.41, 5.74) is 7.23. The number of pyridine rings is 1. The van der Waals surface area contributed by atoms with Crippen LogP contribution >= 0.6 is 12.2 Å². The Kier molecular flexibility index (Phi) is 5.19. The van der Waals surface area contributed by atoms with E-state index in [1.165, 1.54) is 19.3 Å². The molecule has 0 bridgehead atoms. The maximum Gasteiger partial charge on any atom is 0.122 e. The average Bonchev–Trinajstić information content (AvgIpc) is 2.26. The van der Waals surface area contributed by atoms with Gasteiger partial charge >= 0.3 is 0 Å². The molecule has 0 saturated heterocycles. The number of unbranched alkanes of at least 4 members (excludes halogenated alkanes) is 1. The minimum absolute atomic E-state index is 0.338. The first-order valence-corrected chi connectivity index (χ1v) is 6.06. The summed E-state index contributed by atoms with van der Waals surface area (Å²) in [5, 5.41) is 3.42. The van der Waals surface area contributed by atoms with Gasteiger partial charge in [-0.3, -0.25) is 4.98 Å². The lowest BCUT2D eigenvalue weighted by Gasteiger charge is -2.15. The number of aromatic nitrogens is 1. The lowest BCUT2D eigenvalue weighted by atomic mass is 10.1. The number of anilines is 1. The van der Waals surface area contributed by atoms with Crippen molar-refractivity contribution in [2.45, 2.75) is 39.2 Å². The Morgan fingerprint density at radius 3 is 3.00 bits per heavy atom. The van der Waals surface area contributed by atoms with E-state index in [1.54, 1.807) is 6.20 Å². The van der Waals surface area contributed by atoms with Gasteiger partial charge in [0.2, 0.25) is 0 Å². The minimum Gasteiger partial charge on any atom is -0.388 e. The molecule has 1 aromatic rings. The Hall–Kier alpha value is -1.16. The highest BCUT2D eigenvalue weighted by Crippen LogP contribution is 2.12. The Morgan fingerprint density at radius 1 is 1.62 bits per heavy atom. The first-order valence-electron chi connectivity index (χ1n) is 5.66. The molecule has 16 heavy (non-hydrogen) atoms. The summed E-state index contributed by atoms with van der Waals surface area (Å²) >= 11 is 4.89. The Bertz CT molecular complexity index is 352. The van der Waals surface area contributed by atoms with Crippen molar-refractivity contribution in [3.05, 3.63) is 24.0 Å². The molecule has 1 atom stereocenters. The van der Waals surface area contributed by atoms with E-state index in [9.17, 15) is 0 Å². The maximum absolute atomic E-state index is 5.53. The molecule has 1 rings (SSSR count). The van der Waals surface area contributed by atoms with Gasteiger partial charge in [-0.05, 0) is 25.5 Å². The molecule has 0 aromatic carbocycles. The zero-order chi connectivity index (χ0) is 12.0. The molecule has 0 aliphatic carbocycles. The fraction of sp³-hybridized carbons (Fsp3) is 0.500. The van der Waals surface area contributed by atoms with Gasteiger partial charge in [-0.25, -0.2) is 0 Å². The van der Waals surface area contributed by atoms with E-state index in [2.05, 4.69) is 24.1 Å². The van der Waals surface area contributed by atoms with Gasteiger partial charge in [0.25, 0.3) is 0 Å². The second-order valence-corrected chi connectivity index (χ2v) is 4.42. The van der Waals surface area contributed by atoms with Gasteiger partial charge in [0.15, 0.2) is 0 Å². The standard InChI is InChI=1S/C12H19N3S/c1-3-4-5-9(2)15-10-6-7-14-11(8-10)12(13)16/h6-9H,3-5H2,1-2H3,(H2,13,16)(H,14,15). The van der Waals surface area contributed by atoms with E-state index < -0.39 is 0 Å². The van der Waals surface area contributed by atoms with Crippen molar-refractivity contribution in [2.24, 2.45) is 5.73 Å². The van der Waals surface area contributed by atoms with Gasteiger partial charge in [0.1, 0.15) is 4.99 Å². The summed E-state index contributed by atoms with van der Waals surface area (Å²) in [7, 11) is 0. The van der Waals surface area contributed by atoms with Crippen LogP contribution in [0.4, 0.5) is 5.69 Å². The molecule has 0 aliphatic rings. The van der Waals surface area contributed by atoms with Crippen molar-refractivity contribution in [2.75, 3.05) is 5.32 Å². The van der Waals surface area contributed by atoms with Crippen LogP contribution < -0.4 is 11.1 Å². The number of thiocarbonyl (C=S) groups is 1. The van der Waals surface area contributed by atoms with E-state index >= 15 is 0 Å². The van der Waals surface area contributed by atoms with E-state index in [0.29, 0.717) is 16.7 Å². The SMILES string of the molecule is CCCCC(C)Nc1ccnc(C(N)=S)c1. The zero-order valence-electron chi connectivity index (χ0n) is 9.86. The maximum atomic E-state index is 5.53. The van der Waals surface area contributed by atoms with Crippen LogP contribution in [0.5, 0.6) is 0 Å². The second-order valence-electron chi connectivity index (χ2n) is 3.98. The van der Waals surface area contributed by atoms with E-state index in [4.69, 9.17) is 18.0 Å². The van der Waals surface area contributed by atoms with E-state index in [0.717, 1.165) is 5.69 Å². The highest BCUT2D eigenvalue weighted by atomic mass is 32.1. The van der Waals surface area contributed by atoms with Crippen molar-refractivity contribution < 1.29 is 0 Å². The van der Waals surface area contributed by atoms with Crippen molar-refractivity contribution in [1.29, 1.82) is 0 Å². The van der Waals surface area contributed by atoms with Crippen LogP contribution in [0.2, 0.25) is 0 Å². The number of nitrogens with two attached hydrogens (primary N) is 1. The molecule has 1 unspecified atom stereocenters.